The van der Waals surface area contributed by atoms with Crippen LogP contribution in [0.5, 0.6) is 5.75 Å². The number of hydrogen-bond donors (Lipinski definition) is 2. The van der Waals surface area contributed by atoms with Gasteiger partial charge in [0, 0.05) is 13.1 Å². The Morgan fingerprint density at radius 1 is 1.32 bits per heavy atom. The van der Waals surface area contributed by atoms with Crippen molar-refractivity contribution in [1.82, 2.24) is 10.2 Å². The number of nitrogens with one attached hydrogen (secondary N) is 1. The summed E-state index contributed by atoms with van der Waals surface area (Å²) in [6, 6.07) is 5.61. The van der Waals surface area contributed by atoms with Crippen molar-refractivity contribution in [3.63, 3.8) is 0 Å². The van der Waals surface area contributed by atoms with Gasteiger partial charge in [-0.15, -0.1) is 0 Å². The Bertz CT molecular complexity index is 471. The van der Waals surface area contributed by atoms with E-state index in [0.29, 0.717) is 45.5 Å². The van der Waals surface area contributed by atoms with Gasteiger partial charge in [0.2, 0.25) is 6.41 Å². The van der Waals surface area contributed by atoms with Crippen molar-refractivity contribution in [3.05, 3.63) is 29.3 Å². The number of para-hydroxylation sites is 1. The van der Waals surface area contributed by atoms with Gasteiger partial charge in [0.05, 0.1) is 6.61 Å². The van der Waals surface area contributed by atoms with Crippen LogP contribution in [0.1, 0.15) is 24.0 Å². The second-order valence-corrected chi connectivity index (χ2v) is 5.10. The van der Waals surface area contributed by atoms with Crippen LogP contribution in [0.4, 0.5) is 4.79 Å². The van der Waals surface area contributed by atoms with Crippen molar-refractivity contribution in [2.45, 2.75) is 26.7 Å². The highest BCUT2D eigenvalue weighted by Gasteiger charge is 2.10. The fourth-order valence-corrected chi connectivity index (χ4v) is 2.03. The number of ether oxygens (including phenoxy) is 1. The van der Waals surface area contributed by atoms with E-state index in [0.717, 1.165) is 21.8 Å². The molecule has 0 aliphatic rings. The summed E-state index contributed by atoms with van der Waals surface area (Å²) in [4.78, 5) is 23.6. The van der Waals surface area contributed by atoms with Crippen LogP contribution in [-0.2, 0) is 4.79 Å². The van der Waals surface area contributed by atoms with Crippen LogP contribution in [0, 0.1) is 13.8 Å². The molecule has 1 aromatic rings. The Morgan fingerprint density at radius 2 is 2.00 bits per heavy atom. The third kappa shape index (κ3) is 5.73. The first-order valence-electron chi connectivity index (χ1n) is 7.49. The molecule has 3 N–H and O–H groups in total. The van der Waals surface area contributed by atoms with E-state index in [1.54, 1.807) is 0 Å². The SMILES string of the molecule is Cc1cccc(C)c1OCCCNC(=O)N(C=O)CCCN. The van der Waals surface area contributed by atoms with Crippen LogP contribution in [0.2, 0.25) is 0 Å². The van der Waals surface area contributed by atoms with Crippen molar-refractivity contribution in [3.8, 4) is 5.75 Å². The third-order valence-electron chi connectivity index (χ3n) is 3.24. The molecule has 0 saturated heterocycles. The predicted molar refractivity (Wildman–Crippen MR) is 85.9 cm³/mol. The molecule has 1 aromatic carbocycles. The number of aryl methyl sites for hydroxylation is 2. The second kappa shape index (κ2) is 9.78. The summed E-state index contributed by atoms with van der Waals surface area (Å²) in [6.45, 7) is 5.76. The molecule has 1 rings (SSSR count). The van der Waals surface area contributed by atoms with Gasteiger partial charge in [-0.05, 0) is 44.4 Å². The molecule has 0 unspecified atom stereocenters. The number of nitrogens with zero attached hydrogens (tertiary/aromatic N) is 1. The van der Waals surface area contributed by atoms with Crippen LogP contribution >= 0.6 is 0 Å². The van der Waals surface area contributed by atoms with Crippen LogP contribution in [0.15, 0.2) is 18.2 Å². The molecule has 0 spiro atoms. The van der Waals surface area contributed by atoms with Crippen molar-refractivity contribution < 1.29 is 14.3 Å². The molecule has 0 radical (unpaired) electrons. The first kappa shape index (κ1) is 18.0. The number of carbonyl (C=O) groups excluding carboxylic acids is 2. The quantitative estimate of drug-likeness (QED) is 0.536. The molecule has 6 nitrogen and oxygen atoms in total. The van der Waals surface area contributed by atoms with Crippen LogP contribution in [0.25, 0.3) is 0 Å². The van der Waals surface area contributed by atoms with E-state index in [4.69, 9.17) is 10.5 Å². The van der Waals surface area contributed by atoms with E-state index >= 15 is 0 Å². The molecule has 3 amide bonds. The number of rotatable bonds is 9. The fourth-order valence-electron chi connectivity index (χ4n) is 2.03. The molecule has 0 bridgehead atoms. The predicted octanol–water partition coefficient (Wildman–Crippen LogP) is 1.59. The Morgan fingerprint density at radius 3 is 2.59 bits per heavy atom. The smallest absolute Gasteiger partial charge is 0.323 e. The first-order chi connectivity index (χ1) is 10.6. The molecule has 0 fully saturated rings. The number of nitrogens with two attached hydrogens (primary N) is 1. The third-order valence-corrected chi connectivity index (χ3v) is 3.24. The minimum atomic E-state index is -0.393. The van der Waals surface area contributed by atoms with E-state index in [2.05, 4.69) is 5.32 Å². The van der Waals surface area contributed by atoms with Gasteiger partial charge < -0.3 is 15.8 Å². The Labute approximate surface area is 131 Å². The number of amides is 3. The molecule has 0 aliphatic heterocycles. The van der Waals surface area contributed by atoms with Crippen LogP contribution in [-0.4, -0.2) is 43.6 Å². The number of benzene rings is 1. The lowest BCUT2D eigenvalue weighted by atomic mass is 10.1. The summed E-state index contributed by atoms with van der Waals surface area (Å²) in [7, 11) is 0. The average Bonchev–Trinajstić information content (AvgIpc) is 2.50. The normalized spacial score (nSPS) is 10.1. The van der Waals surface area contributed by atoms with Crippen LogP contribution in [0.3, 0.4) is 0 Å². The Hall–Kier alpha value is -2.08. The van der Waals surface area contributed by atoms with E-state index in [1.165, 1.54) is 0 Å². The van der Waals surface area contributed by atoms with Crippen molar-refractivity contribution >= 4 is 12.4 Å². The van der Waals surface area contributed by atoms with E-state index in [1.807, 2.05) is 32.0 Å². The molecular weight excluding hydrogens is 282 g/mol. The van der Waals surface area contributed by atoms with Gasteiger partial charge in [-0.1, -0.05) is 18.2 Å². The molecule has 0 atom stereocenters. The highest BCUT2D eigenvalue weighted by Crippen LogP contribution is 2.22. The molecule has 0 aromatic heterocycles. The summed E-state index contributed by atoms with van der Waals surface area (Å²) in [5.41, 5.74) is 7.55. The second-order valence-electron chi connectivity index (χ2n) is 5.10. The number of urea groups is 1. The van der Waals surface area contributed by atoms with Crippen molar-refractivity contribution in [2.75, 3.05) is 26.2 Å². The maximum absolute atomic E-state index is 11.7. The maximum atomic E-state index is 11.7. The highest BCUT2D eigenvalue weighted by atomic mass is 16.5. The average molecular weight is 307 g/mol. The summed E-state index contributed by atoms with van der Waals surface area (Å²) >= 11 is 0. The van der Waals surface area contributed by atoms with E-state index < -0.39 is 6.03 Å². The lowest BCUT2D eigenvalue weighted by Crippen LogP contribution is -2.40. The monoisotopic (exact) mass is 307 g/mol. The molecule has 122 valence electrons. The van der Waals surface area contributed by atoms with Crippen molar-refractivity contribution in [2.24, 2.45) is 5.73 Å². The van der Waals surface area contributed by atoms with Gasteiger partial charge in [0.1, 0.15) is 5.75 Å². The van der Waals surface area contributed by atoms with Crippen molar-refractivity contribution in [1.29, 1.82) is 0 Å². The van der Waals surface area contributed by atoms with Gasteiger partial charge in [-0.25, -0.2) is 4.79 Å². The molecule has 0 aliphatic carbocycles. The van der Waals surface area contributed by atoms with Gasteiger partial charge in [-0.3, -0.25) is 9.69 Å². The Balaban J connectivity index is 2.27. The lowest BCUT2D eigenvalue weighted by Gasteiger charge is -2.16. The van der Waals surface area contributed by atoms with E-state index in [-0.39, 0.29) is 0 Å². The standard InChI is InChI=1S/C16H25N3O3/c1-13-6-3-7-14(2)15(13)22-11-5-9-18-16(21)19(12-20)10-4-8-17/h3,6-7,12H,4-5,8-11,17H2,1-2H3,(H,18,21). The minimum Gasteiger partial charge on any atom is -0.493 e. The summed E-state index contributed by atoms with van der Waals surface area (Å²) < 4.78 is 5.75. The van der Waals surface area contributed by atoms with Gasteiger partial charge in [0.25, 0.3) is 0 Å². The summed E-state index contributed by atoms with van der Waals surface area (Å²) in [5.74, 6) is 0.895. The van der Waals surface area contributed by atoms with E-state index in [9.17, 15) is 9.59 Å². The first-order valence-corrected chi connectivity index (χ1v) is 7.49. The number of carbonyl (C=O) groups is 2. The highest BCUT2D eigenvalue weighted by molar-refractivity contribution is 5.84. The van der Waals surface area contributed by atoms with Gasteiger partial charge >= 0.3 is 6.03 Å². The maximum Gasteiger partial charge on any atom is 0.323 e. The fraction of sp³-hybridized carbons (Fsp3) is 0.500. The molecule has 0 saturated carbocycles. The molecule has 6 heteroatoms. The zero-order valence-electron chi connectivity index (χ0n) is 13.3. The summed E-state index contributed by atoms with van der Waals surface area (Å²) in [5, 5.41) is 2.69. The van der Waals surface area contributed by atoms with Gasteiger partial charge in [-0.2, -0.15) is 0 Å². The summed E-state index contributed by atoms with van der Waals surface area (Å²) in [6.07, 6.45) is 1.79. The molecule has 22 heavy (non-hydrogen) atoms. The zero-order chi connectivity index (χ0) is 16.4. The van der Waals surface area contributed by atoms with Crippen LogP contribution < -0.4 is 15.8 Å². The largest absolute Gasteiger partial charge is 0.493 e. The minimum absolute atomic E-state index is 0.338. The molecule has 0 heterocycles. The number of imide groups is 1. The zero-order valence-corrected chi connectivity index (χ0v) is 13.3. The lowest BCUT2D eigenvalue weighted by molar-refractivity contribution is -0.115. The Kier molecular flexibility index (Phi) is 7.99. The number of hydrogen-bond acceptors (Lipinski definition) is 4. The topological polar surface area (TPSA) is 84.7 Å². The van der Waals surface area contributed by atoms with Gasteiger partial charge in [0.15, 0.2) is 0 Å². The molecular formula is C16H25N3O3.